The second kappa shape index (κ2) is 6.15. The molecular weight excluding hydrogens is 290 g/mol. The molecule has 1 aliphatic carbocycles. The molecule has 0 spiro atoms. The van der Waals surface area contributed by atoms with E-state index in [1.54, 1.807) is 13.1 Å². The number of rotatable bonds is 4. The molecule has 0 unspecified atom stereocenters. The van der Waals surface area contributed by atoms with Crippen molar-refractivity contribution in [3.63, 3.8) is 0 Å². The topological polar surface area (TPSA) is 74.7 Å². The Kier molecular flexibility index (Phi) is 4.68. The number of nitrogens with zero attached hydrogens (tertiary/aromatic N) is 1. The lowest BCUT2D eigenvalue weighted by molar-refractivity contribution is 0.0692. The molecule has 1 fully saturated rings. The van der Waals surface area contributed by atoms with Gasteiger partial charge in [0.2, 0.25) is 10.0 Å². The van der Waals surface area contributed by atoms with Crippen molar-refractivity contribution in [3.05, 3.63) is 29.8 Å². The minimum absolute atomic E-state index is 0.0481. The van der Waals surface area contributed by atoms with Gasteiger partial charge in [-0.15, -0.1) is 0 Å². The molecule has 6 heteroatoms. The van der Waals surface area contributed by atoms with Crippen LogP contribution in [0.25, 0.3) is 0 Å². The molecule has 0 aromatic heterocycles. The van der Waals surface area contributed by atoms with E-state index in [0.717, 1.165) is 25.7 Å². The van der Waals surface area contributed by atoms with Gasteiger partial charge in [0.1, 0.15) is 0 Å². The molecule has 2 rings (SSSR count). The van der Waals surface area contributed by atoms with Crippen LogP contribution in [0.2, 0.25) is 0 Å². The van der Waals surface area contributed by atoms with Crippen LogP contribution >= 0.6 is 0 Å². The van der Waals surface area contributed by atoms with Gasteiger partial charge in [-0.05, 0) is 43.7 Å². The number of hydrogen-bond acceptors (Lipinski definition) is 3. The molecular formula is C15H21NO4S. The van der Waals surface area contributed by atoms with Crippen LogP contribution in [0.3, 0.4) is 0 Å². The van der Waals surface area contributed by atoms with Gasteiger partial charge >= 0.3 is 5.97 Å². The van der Waals surface area contributed by atoms with E-state index >= 15 is 0 Å². The lowest BCUT2D eigenvalue weighted by Crippen LogP contribution is -2.39. The molecule has 0 bridgehead atoms. The summed E-state index contributed by atoms with van der Waals surface area (Å²) >= 11 is 0. The van der Waals surface area contributed by atoms with E-state index in [0.29, 0.717) is 5.92 Å². The Morgan fingerprint density at radius 2 is 1.76 bits per heavy atom. The summed E-state index contributed by atoms with van der Waals surface area (Å²) in [6.07, 6.45) is 3.66. The predicted octanol–water partition coefficient (Wildman–Crippen LogP) is 2.58. The zero-order valence-electron chi connectivity index (χ0n) is 12.3. The molecule has 1 saturated carbocycles. The maximum Gasteiger partial charge on any atom is 0.337 e. The average molecular weight is 311 g/mol. The molecule has 0 aliphatic heterocycles. The third-order valence-corrected chi connectivity index (χ3v) is 6.24. The summed E-state index contributed by atoms with van der Waals surface area (Å²) in [5.41, 5.74) is -0.173. The fourth-order valence-corrected chi connectivity index (χ4v) is 4.42. The van der Waals surface area contributed by atoms with E-state index in [1.807, 2.05) is 0 Å². The third-order valence-electron chi connectivity index (χ3n) is 4.27. The Labute approximate surface area is 125 Å². The van der Waals surface area contributed by atoms with Crippen LogP contribution in [-0.4, -0.2) is 36.9 Å². The summed E-state index contributed by atoms with van der Waals surface area (Å²) in [6, 6.07) is 5.72. The summed E-state index contributed by atoms with van der Waals surface area (Å²) in [5, 5.41) is 9.17. The minimum atomic E-state index is -3.78. The zero-order valence-corrected chi connectivity index (χ0v) is 13.1. The summed E-state index contributed by atoms with van der Waals surface area (Å²) in [5.74, 6) is -0.594. The second-order valence-corrected chi connectivity index (χ2v) is 7.70. The number of benzene rings is 1. The Morgan fingerprint density at radius 1 is 1.19 bits per heavy atom. The highest BCUT2D eigenvalue weighted by atomic mass is 32.2. The normalized spacial score (nSPS) is 23.2. The van der Waals surface area contributed by atoms with Crippen LogP contribution in [0.5, 0.6) is 0 Å². The van der Waals surface area contributed by atoms with Gasteiger partial charge in [-0.1, -0.05) is 19.1 Å². The summed E-state index contributed by atoms with van der Waals surface area (Å²) < 4.78 is 26.7. The molecule has 0 amide bonds. The fraction of sp³-hybridized carbons (Fsp3) is 0.533. The number of sulfonamides is 1. The monoisotopic (exact) mass is 311 g/mol. The van der Waals surface area contributed by atoms with Gasteiger partial charge in [-0.25, -0.2) is 13.2 Å². The van der Waals surface area contributed by atoms with Crippen LogP contribution in [0.1, 0.15) is 43.0 Å². The highest BCUT2D eigenvalue weighted by Gasteiger charge is 2.32. The van der Waals surface area contributed by atoms with E-state index in [4.69, 9.17) is 0 Å². The largest absolute Gasteiger partial charge is 0.478 e. The van der Waals surface area contributed by atoms with Crippen LogP contribution in [0.15, 0.2) is 29.2 Å². The number of hydrogen-bond donors (Lipinski definition) is 1. The van der Waals surface area contributed by atoms with Crippen molar-refractivity contribution in [2.45, 2.75) is 43.5 Å². The summed E-state index contributed by atoms with van der Waals surface area (Å²) in [7, 11) is -2.23. The lowest BCUT2D eigenvalue weighted by Gasteiger charge is -2.33. The van der Waals surface area contributed by atoms with Crippen molar-refractivity contribution in [1.82, 2.24) is 4.31 Å². The smallest absolute Gasteiger partial charge is 0.337 e. The van der Waals surface area contributed by atoms with Crippen molar-refractivity contribution in [3.8, 4) is 0 Å². The average Bonchev–Trinajstić information content (AvgIpc) is 2.47. The van der Waals surface area contributed by atoms with Crippen LogP contribution in [-0.2, 0) is 10.0 Å². The Hall–Kier alpha value is -1.40. The van der Waals surface area contributed by atoms with Crippen molar-refractivity contribution in [2.24, 2.45) is 5.92 Å². The van der Waals surface area contributed by atoms with Gasteiger partial charge < -0.3 is 5.11 Å². The van der Waals surface area contributed by atoms with Crippen LogP contribution in [0.4, 0.5) is 0 Å². The molecule has 0 saturated heterocycles. The van der Waals surface area contributed by atoms with Crippen molar-refractivity contribution < 1.29 is 18.3 Å². The third kappa shape index (κ3) is 3.27. The van der Waals surface area contributed by atoms with Gasteiger partial charge in [0, 0.05) is 13.1 Å². The molecule has 0 radical (unpaired) electrons. The first-order valence-corrected chi connectivity index (χ1v) is 8.58. The van der Waals surface area contributed by atoms with Gasteiger partial charge in [0.15, 0.2) is 0 Å². The number of carbonyl (C=O) groups is 1. The van der Waals surface area contributed by atoms with Gasteiger partial charge in [-0.2, -0.15) is 4.31 Å². The molecule has 0 heterocycles. The molecule has 5 nitrogen and oxygen atoms in total. The number of carboxylic acid groups (broad SMARTS) is 1. The highest BCUT2D eigenvalue weighted by Crippen LogP contribution is 2.30. The fourth-order valence-electron chi connectivity index (χ4n) is 2.83. The first-order chi connectivity index (χ1) is 9.84. The van der Waals surface area contributed by atoms with Gasteiger partial charge in [0.25, 0.3) is 0 Å². The second-order valence-electron chi connectivity index (χ2n) is 5.74. The number of carboxylic acids is 1. The number of aromatic carboxylic acids is 1. The molecule has 1 aromatic rings. The standard InChI is InChI=1S/C15H21NO4S/c1-11-7-9-12(10-8-11)16(2)21(19,20)14-6-4-3-5-13(14)15(17)18/h3-6,11-12H,7-10H2,1-2H3,(H,17,18). The molecule has 21 heavy (non-hydrogen) atoms. The zero-order chi connectivity index (χ0) is 15.6. The van der Waals surface area contributed by atoms with E-state index in [1.165, 1.54) is 22.5 Å². The lowest BCUT2D eigenvalue weighted by atomic mass is 9.87. The molecule has 116 valence electrons. The highest BCUT2D eigenvalue weighted by molar-refractivity contribution is 7.89. The maximum atomic E-state index is 12.7. The molecule has 1 aromatic carbocycles. The quantitative estimate of drug-likeness (QED) is 0.927. The molecule has 0 atom stereocenters. The van der Waals surface area contributed by atoms with Crippen LogP contribution < -0.4 is 0 Å². The van der Waals surface area contributed by atoms with E-state index in [-0.39, 0.29) is 16.5 Å². The van der Waals surface area contributed by atoms with Crippen LogP contribution in [0, 0.1) is 5.92 Å². The molecule has 1 N–H and O–H groups in total. The minimum Gasteiger partial charge on any atom is -0.478 e. The maximum absolute atomic E-state index is 12.7. The first kappa shape index (κ1) is 16.0. The molecule has 1 aliphatic rings. The van der Waals surface area contributed by atoms with Gasteiger partial charge in [-0.3, -0.25) is 0 Å². The van der Waals surface area contributed by atoms with E-state index < -0.39 is 16.0 Å². The van der Waals surface area contributed by atoms with E-state index in [9.17, 15) is 18.3 Å². The van der Waals surface area contributed by atoms with Crippen molar-refractivity contribution >= 4 is 16.0 Å². The Bertz CT molecular complexity index is 618. The van der Waals surface area contributed by atoms with E-state index in [2.05, 4.69) is 6.92 Å². The van der Waals surface area contributed by atoms with Crippen molar-refractivity contribution in [2.75, 3.05) is 7.05 Å². The Balaban J connectivity index is 2.32. The first-order valence-electron chi connectivity index (χ1n) is 7.14. The van der Waals surface area contributed by atoms with Gasteiger partial charge in [0.05, 0.1) is 10.5 Å². The summed E-state index contributed by atoms with van der Waals surface area (Å²) in [4.78, 5) is 11.1. The SMILES string of the molecule is CC1CCC(N(C)S(=O)(=O)c2ccccc2C(=O)O)CC1. The predicted molar refractivity (Wildman–Crippen MR) is 79.8 cm³/mol. The Morgan fingerprint density at radius 3 is 2.33 bits per heavy atom. The van der Waals surface area contributed by atoms with Crippen molar-refractivity contribution in [1.29, 1.82) is 0 Å². The summed E-state index contributed by atoms with van der Waals surface area (Å²) in [6.45, 7) is 2.17.